The lowest BCUT2D eigenvalue weighted by molar-refractivity contribution is -0.117. The van der Waals surface area contributed by atoms with Gasteiger partial charge >= 0.3 is 0 Å². The second kappa shape index (κ2) is 12.6. The van der Waals surface area contributed by atoms with Crippen molar-refractivity contribution in [1.82, 2.24) is 9.88 Å². The smallest absolute Gasteiger partial charge is 0.229 e. The molecule has 0 aliphatic carbocycles. The van der Waals surface area contributed by atoms with E-state index >= 15 is 0 Å². The van der Waals surface area contributed by atoms with Gasteiger partial charge in [-0.2, -0.15) is 0 Å². The van der Waals surface area contributed by atoms with Gasteiger partial charge in [-0.25, -0.2) is 0 Å². The van der Waals surface area contributed by atoms with Gasteiger partial charge in [-0.3, -0.25) is 9.36 Å². The van der Waals surface area contributed by atoms with Gasteiger partial charge in [0.15, 0.2) is 11.5 Å². The summed E-state index contributed by atoms with van der Waals surface area (Å²) in [5, 5.41) is 44.6. The lowest BCUT2D eigenvalue weighted by Gasteiger charge is -2.19. The van der Waals surface area contributed by atoms with Gasteiger partial charge in [-0.05, 0) is 30.3 Å². The number of benzene rings is 3. The Labute approximate surface area is 230 Å². The van der Waals surface area contributed by atoms with Crippen LogP contribution >= 0.6 is 0 Å². The monoisotopic (exact) mass is 552 g/mol. The quantitative estimate of drug-likeness (QED) is 0.120. The molecule has 0 radical (unpaired) electrons. The highest BCUT2D eigenvalue weighted by Crippen LogP contribution is 2.35. The van der Waals surface area contributed by atoms with Gasteiger partial charge in [-0.1, -0.05) is 36.4 Å². The van der Waals surface area contributed by atoms with Crippen LogP contribution in [0.4, 0.5) is 0 Å². The topological polar surface area (TPSA) is 152 Å². The normalized spacial score (nSPS) is 21.5. The Kier molecular flexibility index (Phi) is 8.80. The minimum Gasteiger partial charge on any atom is -0.490 e. The van der Waals surface area contributed by atoms with Crippen molar-refractivity contribution in [1.29, 1.82) is 0 Å². The van der Waals surface area contributed by atoms with Crippen LogP contribution in [-0.4, -0.2) is 95.0 Å². The number of para-hydroxylation sites is 3. The first kappa shape index (κ1) is 27.8. The van der Waals surface area contributed by atoms with Crippen LogP contribution in [0.2, 0.25) is 0 Å². The average Bonchev–Trinajstić information content (AvgIpc) is 3.45. The Bertz CT molecular complexity index is 1440. The molecule has 11 nitrogen and oxygen atoms in total. The SMILES string of the molecule is O=Cn1c2ccccc2c2c(OCC(O)CNCCOc3ccccc3OC3O[C@H](CO)[C@@H](O)[C@H]3O)cccc21. The lowest BCUT2D eigenvalue weighted by Crippen LogP contribution is -2.35. The number of rotatable bonds is 13. The number of nitrogens with zero attached hydrogens (tertiary/aromatic N) is 1. The summed E-state index contributed by atoms with van der Waals surface area (Å²) in [6, 6.07) is 19.9. The molecule has 0 bridgehead atoms. The van der Waals surface area contributed by atoms with Crippen LogP contribution < -0.4 is 19.5 Å². The van der Waals surface area contributed by atoms with Crippen LogP contribution in [0, 0.1) is 0 Å². The summed E-state index contributed by atoms with van der Waals surface area (Å²) in [5.74, 6) is 1.31. The highest BCUT2D eigenvalue weighted by Gasteiger charge is 2.44. The Morgan fingerprint density at radius 1 is 0.925 bits per heavy atom. The Morgan fingerprint density at radius 2 is 1.65 bits per heavy atom. The van der Waals surface area contributed by atoms with Crippen molar-refractivity contribution in [3.8, 4) is 17.2 Å². The number of hydrogen-bond donors (Lipinski definition) is 5. The van der Waals surface area contributed by atoms with Gasteiger partial charge in [0, 0.05) is 18.5 Å². The lowest BCUT2D eigenvalue weighted by atomic mass is 10.1. The number of aromatic nitrogens is 1. The predicted octanol–water partition coefficient (Wildman–Crippen LogP) is 1.06. The molecule has 4 aromatic rings. The van der Waals surface area contributed by atoms with Crippen LogP contribution in [0.5, 0.6) is 17.2 Å². The maximum absolute atomic E-state index is 11.7. The van der Waals surface area contributed by atoms with Gasteiger partial charge in [0.05, 0.1) is 23.0 Å². The summed E-state index contributed by atoms with van der Waals surface area (Å²) in [7, 11) is 0. The van der Waals surface area contributed by atoms with E-state index in [9.17, 15) is 25.2 Å². The molecule has 40 heavy (non-hydrogen) atoms. The molecule has 1 saturated heterocycles. The van der Waals surface area contributed by atoms with Crippen molar-refractivity contribution in [3.63, 3.8) is 0 Å². The van der Waals surface area contributed by atoms with Crippen molar-refractivity contribution < 1.29 is 44.2 Å². The molecule has 0 spiro atoms. The van der Waals surface area contributed by atoms with Gasteiger partial charge in [-0.15, -0.1) is 0 Å². The first-order valence-electron chi connectivity index (χ1n) is 13.0. The van der Waals surface area contributed by atoms with E-state index in [1.165, 1.54) is 0 Å². The minimum absolute atomic E-state index is 0.0502. The van der Waals surface area contributed by atoms with E-state index in [0.29, 0.717) is 23.8 Å². The number of carbonyl (C=O) groups excluding carboxylic acids is 1. The largest absolute Gasteiger partial charge is 0.490 e. The summed E-state index contributed by atoms with van der Waals surface area (Å²) in [5.41, 5.74) is 1.53. The highest BCUT2D eigenvalue weighted by molar-refractivity contribution is 6.13. The Hall–Kier alpha value is -3.71. The summed E-state index contributed by atoms with van der Waals surface area (Å²) < 4.78 is 24.4. The molecule has 1 aliphatic heterocycles. The number of aliphatic hydroxyl groups is 4. The molecule has 5 N–H and O–H groups in total. The van der Waals surface area contributed by atoms with E-state index in [-0.39, 0.29) is 19.8 Å². The van der Waals surface area contributed by atoms with Crippen molar-refractivity contribution in [2.45, 2.75) is 30.7 Å². The number of aliphatic hydroxyl groups excluding tert-OH is 4. The molecule has 11 heteroatoms. The van der Waals surface area contributed by atoms with Gasteiger partial charge < -0.3 is 44.7 Å². The number of nitrogens with one attached hydrogen (secondary N) is 1. The number of ether oxygens (including phenoxy) is 4. The van der Waals surface area contributed by atoms with E-state index in [1.807, 2.05) is 42.5 Å². The highest BCUT2D eigenvalue weighted by atomic mass is 16.7. The van der Waals surface area contributed by atoms with E-state index in [1.54, 1.807) is 28.8 Å². The third-order valence-corrected chi connectivity index (χ3v) is 6.74. The molecular weight excluding hydrogens is 520 g/mol. The van der Waals surface area contributed by atoms with Gasteiger partial charge in [0.1, 0.15) is 43.4 Å². The summed E-state index contributed by atoms with van der Waals surface area (Å²) >= 11 is 0. The summed E-state index contributed by atoms with van der Waals surface area (Å²) in [6.07, 6.45) is -4.66. The Morgan fingerprint density at radius 3 is 2.42 bits per heavy atom. The van der Waals surface area contributed by atoms with Crippen molar-refractivity contribution in [2.24, 2.45) is 0 Å². The number of hydrogen-bond acceptors (Lipinski definition) is 10. The molecule has 0 amide bonds. The zero-order valence-electron chi connectivity index (χ0n) is 21.6. The van der Waals surface area contributed by atoms with Gasteiger partial charge in [0.25, 0.3) is 0 Å². The van der Waals surface area contributed by atoms with Gasteiger partial charge in [0.2, 0.25) is 12.7 Å². The molecule has 5 rings (SSSR count). The van der Waals surface area contributed by atoms with Crippen LogP contribution in [0.1, 0.15) is 0 Å². The molecule has 3 aromatic carbocycles. The Balaban J connectivity index is 1.10. The zero-order valence-corrected chi connectivity index (χ0v) is 21.6. The van der Waals surface area contributed by atoms with E-state index in [2.05, 4.69) is 5.32 Å². The zero-order chi connectivity index (χ0) is 28.1. The predicted molar refractivity (Wildman–Crippen MR) is 146 cm³/mol. The van der Waals surface area contributed by atoms with Crippen molar-refractivity contribution in [3.05, 3.63) is 66.7 Å². The van der Waals surface area contributed by atoms with E-state index in [4.69, 9.17) is 18.9 Å². The third-order valence-electron chi connectivity index (χ3n) is 6.74. The fourth-order valence-corrected chi connectivity index (χ4v) is 4.75. The van der Waals surface area contributed by atoms with Crippen molar-refractivity contribution in [2.75, 3.05) is 32.9 Å². The second-order valence-electron chi connectivity index (χ2n) is 9.43. The van der Waals surface area contributed by atoms with Crippen LogP contribution in [0.3, 0.4) is 0 Å². The number of carbonyl (C=O) groups is 1. The molecular formula is C29H32N2O9. The molecule has 1 fully saturated rings. The summed E-state index contributed by atoms with van der Waals surface area (Å²) in [6.45, 7) is 0.542. The standard InChI is InChI=1S/C29H32N2O9/c32-15-25-27(35)28(36)29(40-25)39-23-10-4-3-9-22(23)37-13-12-30-14-18(34)16-38-24-11-5-8-21-26(24)19-6-1-2-7-20(19)31(21)17-33/h1-11,17-18,25,27-30,32,34-36H,12-16H2/t18?,25-,27-,28-,29?/m1/s1. The average molecular weight is 553 g/mol. The summed E-state index contributed by atoms with van der Waals surface area (Å²) in [4.78, 5) is 11.7. The minimum atomic E-state index is -1.31. The fourth-order valence-electron chi connectivity index (χ4n) is 4.75. The van der Waals surface area contributed by atoms with Crippen molar-refractivity contribution >= 4 is 28.2 Å². The van der Waals surface area contributed by atoms with E-state index in [0.717, 1.165) is 28.2 Å². The van der Waals surface area contributed by atoms with E-state index < -0.39 is 37.3 Å². The first-order valence-corrected chi connectivity index (χ1v) is 13.0. The van der Waals surface area contributed by atoms with Crippen LogP contribution in [-0.2, 0) is 9.53 Å². The maximum atomic E-state index is 11.7. The molecule has 1 aliphatic rings. The van der Waals surface area contributed by atoms with Crippen LogP contribution in [0.25, 0.3) is 21.8 Å². The molecule has 5 atom stereocenters. The fraction of sp³-hybridized carbons (Fsp3) is 0.345. The molecule has 2 heterocycles. The molecule has 1 aromatic heterocycles. The second-order valence-corrected chi connectivity index (χ2v) is 9.43. The maximum Gasteiger partial charge on any atom is 0.229 e. The molecule has 0 saturated carbocycles. The number of fused-ring (bicyclic) bond motifs is 3. The third kappa shape index (κ3) is 5.75. The molecule has 2 unspecified atom stereocenters. The molecule has 212 valence electrons. The van der Waals surface area contributed by atoms with Crippen LogP contribution in [0.15, 0.2) is 66.7 Å². The first-order chi connectivity index (χ1) is 19.5.